The largest absolute Gasteiger partial charge is 0.494 e. The minimum Gasteiger partial charge on any atom is -0.494 e. The van der Waals surface area contributed by atoms with Gasteiger partial charge in [-0.2, -0.15) is 0 Å². The molecule has 0 atom stereocenters. The van der Waals surface area contributed by atoms with Crippen molar-refractivity contribution in [3.63, 3.8) is 0 Å². The lowest BCUT2D eigenvalue weighted by molar-refractivity contribution is -0.116. The number of carbonyl (C=O) groups is 2. The van der Waals surface area contributed by atoms with Crippen LogP contribution in [0, 0.1) is 5.82 Å². The number of fused-ring (bicyclic) bond motifs is 2. The maximum atomic E-state index is 15.5. The Morgan fingerprint density at radius 1 is 1.25 bits per heavy atom. The summed E-state index contributed by atoms with van der Waals surface area (Å²) in [5.74, 6) is -2.09. The van der Waals surface area contributed by atoms with Gasteiger partial charge in [0.2, 0.25) is 11.3 Å². The van der Waals surface area contributed by atoms with Crippen LogP contribution in [0.3, 0.4) is 0 Å². The molecule has 1 fully saturated rings. The van der Waals surface area contributed by atoms with E-state index in [1.807, 2.05) is 0 Å². The Bertz CT molecular complexity index is 1390. The zero-order valence-electron chi connectivity index (χ0n) is 17.0. The van der Waals surface area contributed by atoms with Crippen molar-refractivity contribution in [1.82, 2.24) is 4.57 Å². The van der Waals surface area contributed by atoms with E-state index >= 15 is 4.39 Å². The second kappa shape index (κ2) is 7.34. The molecule has 0 saturated heterocycles. The smallest absolute Gasteiger partial charge is 0.341 e. The Hall–Kier alpha value is -3.39. The topological polar surface area (TPSA) is 97.6 Å². The first-order valence-electron chi connectivity index (χ1n) is 10.1. The van der Waals surface area contributed by atoms with Crippen molar-refractivity contribution >= 4 is 40.1 Å². The summed E-state index contributed by atoms with van der Waals surface area (Å²) < 4.78 is 22.8. The van der Waals surface area contributed by atoms with Gasteiger partial charge in [0, 0.05) is 18.7 Å². The van der Waals surface area contributed by atoms with E-state index in [1.165, 1.54) is 13.3 Å². The quantitative estimate of drug-likeness (QED) is 0.607. The molecule has 164 valence electrons. The Morgan fingerprint density at radius 3 is 2.66 bits per heavy atom. The van der Waals surface area contributed by atoms with Crippen LogP contribution in [0.1, 0.15) is 41.2 Å². The van der Waals surface area contributed by atoms with Crippen molar-refractivity contribution in [2.75, 3.05) is 12.4 Å². The third-order valence-electron chi connectivity index (χ3n) is 5.94. The number of ether oxygens (including phenoxy) is 1. The summed E-state index contributed by atoms with van der Waals surface area (Å²) in [4.78, 5) is 36.2. The molecule has 0 radical (unpaired) electrons. The molecule has 2 aliphatic rings. The average molecular weight is 457 g/mol. The molecule has 1 amide bonds. The zero-order chi connectivity index (χ0) is 22.7. The molecule has 0 bridgehead atoms. The average Bonchev–Trinajstić information content (AvgIpc) is 3.59. The fraction of sp³-hybridized carbons (Fsp3) is 0.261. The van der Waals surface area contributed by atoms with Gasteiger partial charge in [0.15, 0.2) is 5.75 Å². The highest BCUT2D eigenvalue weighted by atomic mass is 35.5. The minimum absolute atomic E-state index is 0.00532. The van der Waals surface area contributed by atoms with Crippen LogP contribution in [0.2, 0.25) is 5.02 Å². The Kier molecular flexibility index (Phi) is 4.70. The maximum Gasteiger partial charge on any atom is 0.341 e. The molecule has 1 aromatic heterocycles. The molecule has 0 spiro atoms. The van der Waals surface area contributed by atoms with E-state index in [1.54, 1.807) is 16.7 Å². The fourth-order valence-corrected chi connectivity index (χ4v) is 4.60. The van der Waals surface area contributed by atoms with Gasteiger partial charge in [0.1, 0.15) is 11.4 Å². The standard InChI is InChI=1S/C23H18ClFN2O5/c1-32-22-18(11-6-10-2-5-17(28)26-19(10)15(24)7-11)16(25)8-13-20(22)27(12-3-4-12)9-14(21(13)29)23(30)31/h6-9,12H,2-5H2,1H3,(H,26,28)(H,30,31). The van der Waals surface area contributed by atoms with Crippen molar-refractivity contribution in [1.29, 1.82) is 0 Å². The summed E-state index contributed by atoms with van der Waals surface area (Å²) in [6, 6.07) is 4.36. The minimum atomic E-state index is -1.36. The first kappa shape index (κ1) is 20.5. The third kappa shape index (κ3) is 3.14. The van der Waals surface area contributed by atoms with Gasteiger partial charge < -0.3 is 19.7 Å². The lowest BCUT2D eigenvalue weighted by Crippen LogP contribution is -2.20. The number of nitrogens with zero attached hydrogens (tertiary/aromatic N) is 1. The normalized spacial score (nSPS) is 15.4. The maximum absolute atomic E-state index is 15.5. The highest BCUT2D eigenvalue weighted by Gasteiger charge is 2.31. The summed E-state index contributed by atoms with van der Waals surface area (Å²) in [5.41, 5.74) is 1.02. The molecule has 9 heteroatoms. The number of halogens is 2. The number of carbonyl (C=O) groups excluding carboxylic acids is 1. The van der Waals surface area contributed by atoms with Gasteiger partial charge in [-0.3, -0.25) is 9.59 Å². The molecule has 1 aliphatic heterocycles. The highest BCUT2D eigenvalue weighted by Crippen LogP contribution is 2.45. The number of benzene rings is 2. The lowest BCUT2D eigenvalue weighted by Gasteiger charge is -2.21. The predicted molar refractivity (Wildman–Crippen MR) is 117 cm³/mol. The van der Waals surface area contributed by atoms with Gasteiger partial charge in [0.05, 0.1) is 34.3 Å². The van der Waals surface area contributed by atoms with Crippen molar-refractivity contribution in [2.24, 2.45) is 0 Å². The predicted octanol–water partition coefficient (Wildman–Crippen LogP) is 4.39. The number of carboxylic acid groups (broad SMARTS) is 1. The molecule has 5 rings (SSSR count). The van der Waals surface area contributed by atoms with Crippen molar-refractivity contribution < 1.29 is 23.8 Å². The van der Waals surface area contributed by atoms with E-state index < -0.39 is 22.8 Å². The molecule has 1 aliphatic carbocycles. The summed E-state index contributed by atoms with van der Waals surface area (Å²) in [6.07, 6.45) is 3.70. The van der Waals surface area contributed by atoms with E-state index in [2.05, 4.69) is 5.32 Å². The Morgan fingerprint density at radius 2 is 2.00 bits per heavy atom. The van der Waals surface area contributed by atoms with E-state index in [0.29, 0.717) is 29.6 Å². The van der Waals surface area contributed by atoms with Gasteiger partial charge in [-0.25, -0.2) is 9.18 Å². The molecule has 2 aromatic carbocycles. The van der Waals surface area contributed by atoms with Gasteiger partial charge >= 0.3 is 5.97 Å². The summed E-state index contributed by atoms with van der Waals surface area (Å²) in [7, 11) is 1.38. The van der Waals surface area contributed by atoms with Crippen LogP contribution >= 0.6 is 11.6 Å². The summed E-state index contributed by atoms with van der Waals surface area (Å²) in [6.45, 7) is 0. The number of aryl methyl sites for hydroxylation is 1. The second-order valence-electron chi connectivity index (χ2n) is 8.02. The van der Waals surface area contributed by atoms with Crippen LogP contribution in [0.5, 0.6) is 5.75 Å². The van der Waals surface area contributed by atoms with E-state index in [0.717, 1.165) is 24.5 Å². The number of nitrogens with one attached hydrogen (secondary N) is 1. The number of amides is 1. The molecule has 3 aromatic rings. The van der Waals surface area contributed by atoms with Gasteiger partial charge in [-0.1, -0.05) is 11.6 Å². The molecule has 0 unspecified atom stereocenters. The van der Waals surface area contributed by atoms with Gasteiger partial charge in [-0.15, -0.1) is 0 Å². The number of pyridine rings is 1. The molecule has 7 nitrogen and oxygen atoms in total. The van der Waals surface area contributed by atoms with Crippen LogP contribution in [0.25, 0.3) is 22.0 Å². The number of carboxylic acids is 1. The van der Waals surface area contributed by atoms with E-state index in [4.69, 9.17) is 16.3 Å². The molecule has 1 saturated carbocycles. The summed E-state index contributed by atoms with van der Waals surface area (Å²) in [5, 5.41) is 12.4. The van der Waals surface area contributed by atoms with Crippen molar-refractivity contribution in [3.8, 4) is 16.9 Å². The highest BCUT2D eigenvalue weighted by molar-refractivity contribution is 6.34. The van der Waals surface area contributed by atoms with Crippen LogP contribution < -0.4 is 15.5 Å². The number of aromatic nitrogens is 1. The van der Waals surface area contributed by atoms with Crippen LogP contribution in [0.15, 0.2) is 29.2 Å². The summed E-state index contributed by atoms with van der Waals surface area (Å²) >= 11 is 6.40. The Labute approximate surface area is 186 Å². The number of rotatable bonds is 4. The van der Waals surface area contributed by atoms with Crippen molar-refractivity contribution in [2.45, 2.75) is 31.7 Å². The fourth-order valence-electron chi connectivity index (χ4n) is 4.31. The number of aromatic carboxylic acids is 1. The zero-order valence-corrected chi connectivity index (χ0v) is 17.8. The number of anilines is 1. The SMILES string of the molecule is COc1c(-c2cc(Cl)c3c(c2)CCC(=O)N3)c(F)cc2c(=O)c(C(=O)O)cn(C3CC3)c12. The van der Waals surface area contributed by atoms with E-state index in [-0.39, 0.29) is 33.7 Å². The molecular weight excluding hydrogens is 439 g/mol. The number of hydrogen-bond donors (Lipinski definition) is 2. The van der Waals surface area contributed by atoms with Crippen LogP contribution in [-0.4, -0.2) is 28.7 Å². The molecule has 2 heterocycles. The molecule has 32 heavy (non-hydrogen) atoms. The number of methoxy groups -OCH3 is 1. The van der Waals surface area contributed by atoms with Gasteiger partial charge in [-0.05, 0) is 48.6 Å². The Balaban J connectivity index is 1.83. The number of hydrogen-bond acceptors (Lipinski definition) is 4. The third-order valence-corrected chi connectivity index (χ3v) is 6.24. The van der Waals surface area contributed by atoms with Crippen LogP contribution in [-0.2, 0) is 11.2 Å². The first-order chi connectivity index (χ1) is 15.3. The van der Waals surface area contributed by atoms with Crippen LogP contribution in [0.4, 0.5) is 10.1 Å². The van der Waals surface area contributed by atoms with E-state index in [9.17, 15) is 19.5 Å². The molecular formula is C23H18ClFN2O5. The van der Waals surface area contributed by atoms with Crippen molar-refractivity contribution in [3.05, 3.63) is 56.6 Å². The van der Waals surface area contributed by atoms with Gasteiger partial charge in [0.25, 0.3) is 0 Å². The lowest BCUT2D eigenvalue weighted by atomic mass is 9.94. The monoisotopic (exact) mass is 456 g/mol. The molecule has 2 N–H and O–H groups in total. The second-order valence-corrected chi connectivity index (χ2v) is 8.43. The first-order valence-corrected chi connectivity index (χ1v) is 10.5.